The maximum Gasteiger partial charge on any atom is 0.221 e. The Hall–Kier alpha value is -0.940. The second kappa shape index (κ2) is 6.12. The largest absolute Gasteiger partial charge is 0.354 e. The van der Waals surface area contributed by atoms with Crippen molar-refractivity contribution < 1.29 is 4.79 Å². The van der Waals surface area contributed by atoms with Crippen LogP contribution in [0.2, 0.25) is 0 Å². The first kappa shape index (κ1) is 14.1. The summed E-state index contributed by atoms with van der Waals surface area (Å²) in [5.74, 6) is 0.0856. The Morgan fingerprint density at radius 3 is 2.76 bits per heavy atom. The van der Waals surface area contributed by atoms with Crippen LogP contribution in [0.1, 0.15) is 39.1 Å². The molecule has 0 saturated carbocycles. The molecule has 0 aromatic carbocycles. The Morgan fingerprint density at radius 1 is 1.53 bits per heavy atom. The van der Waals surface area contributed by atoms with Crippen LogP contribution in [0.4, 0.5) is 0 Å². The molecule has 0 bridgehead atoms. The Labute approximate surface area is 107 Å². The lowest BCUT2D eigenvalue weighted by Gasteiger charge is -2.23. The third-order valence-corrected chi connectivity index (χ3v) is 3.43. The molecule has 5 heteroatoms. The summed E-state index contributed by atoms with van der Waals surface area (Å²) in [6.45, 7) is 8.74. The molecule has 0 aliphatic rings. The van der Waals surface area contributed by atoms with Crippen molar-refractivity contribution in [3.8, 4) is 0 Å². The van der Waals surface area contributed by atoms with Crippen LogP contribution in [-0.4, -0.2) is 23.5 Å². The fourth-order valence-corrected chi connectivity index (χ4v) is 2.23. The van der Waals surface area contributed by atoms with Crippen molar-refractivity contribution in [2.45, 2.75) is 45.7 Å². The van der Waals surface area contributed by atoms with Crippen molar-refractivity contribution in [3.05, 3.63) is 16.6 Å². The number of hydrogen-bond acceptors (Lipinski definition) is 4. The minimum absolute atomic E-state index is 0.0856. The number of amides is 1. The summed E-state index contributed by atoms with van der Waals surface area (Å²) in [6.07, 6.45) is 2.29. The van der Waals surface area contributed by atoms with Crippen LogP contribution in [0.3, 0.4) is 0 Å². The van der Waals surface area contributed by atoms with Gasteiger partial charge in [0.2, 0.25) is 5.91 Å². The topological polar surface area (TPSA) is 54.0 Å². The fourth-order valence-electron chi connectivity index (χ4n) is 1.49. The molecule has 0 radical (unpaired) electrons. The van der Waals surface area contributed by atoms with Crippen LogP contribution in [0.15, 0.2) is 11.6 Å². The van der Waals surface area contributed by atoms with Crippen LogP contribution in [-0.2, 0) is 10.3 Å². The van der Waals surface area contributed by atoms with Gasteiger partial charge in [-0.25, -0.2) is 4.98 Å². The molecule has 0 aliphatic carbocycles. The third kappa shape index (κ3) is 4.83. The summed E-state index contributed by atoms with van der Waals surface area (Å²) in [5, 5.41) is 9.23. The zero-order valence-corrected chi connectivity index (χ0v) is 11.7. The number of thiazole rings is 1. The highest BCUT2D eigenvalue weighted by molar-refractivity contribution is 7.09. The zero-order chi connectivity index (χ0) is 12.9. The lowest BCUT2D eigenvalue weighted by atomic mass is 10.1. The molecule has 17 heavy (non-hydrogen) atoms. The maximum atomic E-state index is 11.5. The molecule has 0 spiro atoms. The Kier molecular flexibility index (Phi) is 5.08. The summed E-state index contributed by atoms with van der Waals surface area (Å²) >= 11 is 1.63. The Balaban J connectivity index is 2.33. The highest BCUT2D eigenvalue weighted by Gasteiger charge is 2.22. The van der Waals surface area contributed by atoms with E-state index in [1.165, 1.54) is 0 Å². The van der Waals surface area contributed by atoms with Gasteiger partial charge in [-0.05, 0) is 27.7 Å². The van der Waals surface area contributed by atoms with E-state index in [1.54, 1.807) is 17.5 Å². The van der Waals surface area contributed by atoms with E-state index in [9.17, 15) is 4.79 Å². The molecule has 1 amide bonds. The van der Waals surface area contributed by atoms with E-state index in [4.69, 9.17) is 0 Å². The molecular weight excluding hydrogens is 234 g/mol. The smallest absolute Gasteiger partial charge is 0.221 e. The molecule has 4 nitrogen and oxygen atoms in total. The monoisotopic (exact) mass is 255 g/mol. The minimum atomic E-state index is -0.174. The van der Waals surface area contributed by atoms with Crippen molar-refractivity contribution in [1.29, 1.82) is 0 Å². The molecule has 1 aromatic rings. The Morgan fingerprint density at radius 2 is 2.24 bits per heavy atom. The first-order valence-corrected chi connectivity index (χ1v) is 6.74. The van der Waals surface area contributed by atoms with Crippen molar-refractivity contribution in [2.24, 2.45) is 0 Å². The molecule has 0 atom stereocenters. The van der Waals surface area contributed by atoms with E-state index < -0.39 is 0 Å². The standard InChI is InChI=1S/C12H21N3OS/c1-9(2)15-10(16)5-6-14-12(3,4)11-13-7-8-17-11/h7-9,14H,5-6H2,1-4H3,(H,15,16). The first-order chi connectivity index (χ1) is 7.92. The maximum absolute atomic E-state index is 11.5. The number of carbonyl (C=O) groups is 1. The highest BCUT2D eigenvalue weighted by Crippen LogP contribution is 2.21. The summed E-state index contributed by atoms with van der Waals surface area (Å²) < 4.78 is 0. The van der Waals surface area contributed by atoms with E-state index in [1.807, 2.05) is 19.2 Å². The number of nitrogens with one attached hydrogen (secondary N) is 2. The van der Waals surface area contributed by atoms with Crippen molar-refractivity contribution in [1.82, 2.24) is 15.6 Å². The van der Waals surface area contributed by atoms with Gasteiger partial charge in [0.25, 0.3) is 0 Å². The van der Waals surface area contributed by atoms with Gasteiger partial charge in [0, 0.05) is 30.6 Å². The second-order valence-electron chi connectivity index (χ2n) is 4.86. The number of hydrogen-bond donors (Lipinski definition) is 2. The molecule has 2 N–H and O–H groups in total. The number of carbonyl (C=O) groups excluding carboxylic acids is 1. The van der Waals surface area contributed by atoms with Crippen molar-refractivity contribution >= 4 is 17.2 Å². The molecule has 0 aliphatic heterocycles. The van der Waals surface area contributed by atoms with Crippen LogP contribution in [0, 0.1) is 0 Å². The number of rotatable bonds is 6. The lowest BCUT2D eigenvalue weighted by molar-refractivity contribution is -0.121. The average Bonchev–Trinajstić information content (AvgIpc) is 2.68. The molecule has 1 aromatic heterocycles. The van der Waals surface area contributed by atoms with Crippen LogP contribution in [0.25, 0.3) is 0 Å². The van der Waals surface area contributed by atoms with Crippen molar-refractivity contribution in [3.63, 3.8) is 0 Å². The molecule has 1 rings (SSSR count). The van der Waals surface area contributed by atoms with Gasteiger partial charge in [-0.2, -0.15) is 0 Å². The van der Waals surface area contributed by atoms with Gasteiger partial charge in [-0.1, -0.05) is 0 Å². The van der Waals surface area contributed by atoms with Gasteiger partial charge >= 0.3 is 0 Å². The van der Waals surface area contributed by atoms with E-state index >= 15 is 0 Å². The molecule has 0 unspecified atom stereocenters. The molecule has 1 heterocycles. The highest BCUT2D eigenvalue weighted by atomic mass is 32.1. The number of aromatic nitrogens is 1. The van der Waals surface area contributed by atoms with Gasteiger partial charge in [0.1, 0.15) is 5.01 Å². The third-order valence-electron chi connectivity index (χ3n) is 2.34. The minimum Gasteiger partial charge on any atom is -0.354 e. The lowest BCUT2D eigenvalue weighted by Crippen LogP contribution is -2.39. The van der Waals surface area contributed by atoms with E-state index in [0.717, 1.165) is 5.01 Å². The summed E-state index contributed by atoms with van der Waals surface area (Å²) in [4.78, 5) is 15.8. The van der Waals surface area contributed by atoms with E-state index in [0.29, 0.717) is 13.0 Å². The van der Waals surface area contributed by atoms with E-state index in [-0.39, 0.29) is 17.5 Å². The zero-order valence-electron chi connectivity index (χ0n) is 10.9. The molecular formula is C12H21N3OS. The van der Waals surface area contributed by atoms with Gasteiger partial charge in [0.15, 0.2) is 0 Å². The average molecular weight is 255 g/mol. The second-order valence-corrected chi connectivity index (χ2v) is 5.76. The molecule has 0 fully saturated rings. The molecule has 0 saturated heterocycles. The van der Waals surface area contributed by atoms with Crippen LogP contribution in [0.5, 0.6) is 0 Å². The summed E-state index contributed by atoms with van der Waals surface area (Å²) in [5.41, 5.74) is -0.174. The predicted molar refractivity (Wildman–Crippen MR) is 71.0 cm³/mol. The van der Waals surface area contributed by atoms with Gasteiger partial charge in [-0.3, -0.25) is 4.79 Å². The van der Waals surface area contributed by atoms with E-state index in [2.05, 4.69) is 29.5 Å². The Bertz CT molecular complexity index is 347. The molecule has 96 valence electrons. The summed E-state index contributed by atoms with van der Waals surface area (Å²) in [6, 6.07) is 0.203. The normalized spacial score (nSPS) is 11.8. The fraction of sp³-hybridized carbons (Fsp3) is 0.667. The summed E-state index contributed by atoms with van der Waals surface area (Å²) in [7, 11) is 0. The SMILES string of the molecule is CC(C)NC(=O)CCNC(C)(C)c1nccs1. The number of nitrogens with zero attached hydrogens (tertiary/aromatic N) is 1. The van der Waals surface area contributed by atoms with Gasteiger partial charge < -0.3 is 10.6 Å². The van der Waals surface area contributed by atoms with Gasteiger partial charge in [0.05, 0.1) is 5.54 Å². The quantitative estimate of drug-likeness (QED) is 0.816. The van der Waals surface area contributed by atoms with Crippen LogP contribution >= 0.6 is 11.3 Å². The van der Waals surface area contributed by atoms with Crippen LogP contribution < -0.4 is 10.6 Å². The predicted octanol–water partition coefficient (Wildman–Crippen LogP) is 1.88. The van der Waals surface area contributed by atoms with Crippen molar-refractivity contribution in [2.75, 3.05) is 6.54 Å². The van der Waals surface area contributed by atoms with Gasteiger partial charge in [-0.15, -0.1) is 11.3 Å². The first-order valence-electron chi connectivity index (χ1n) is 5.86.